The fraction of sp³-hybridized carbons (Fsp3) is 0.250. The van der Waals surface area contributed by atoms with Gasteiger partial charge in [0.2, 0.25) is 0 Å². The fourth-order valence-electron chi connectivity index (χ4n) is 8.05. The molecule has 0 spiro atoms. The van der Waals surface area contributed by atoms with Gasteiger partial charge < -0.3 is 9.13 Å². The topological polar surface area (TPSA) is 78.1 Å². The number of hydrogen-bond donors (Lipinski definition) is 0. The molecule has 6 aromatic rings. The number of benzene rings is 4. The average molecular weight is 715 g/mol. The van der Waals surface area contributed by atoms with Gasteiger partial charge in [-0.2, -0.15) is 0 Å². The van der Waals surface area contributed by atoms with Crippen molar-refractivity contribution in [1.82, 2.24) is 9.13 Å². The fourth-order valence-corrected chi connectivity index (χ4v) is 8.05. The van der Waals surface area contributed by atoms with E-state index >= 15 is 0 Å². The molecule has 0 fully saturated rings. The van der Waals surface area contributed by atoms with Crippen LogP contribution >= 0.6 is 0 Å². The molecule has 0 aliphatic heterocycles. The summed E-state index contributed by atoms with van der Waals surface area (Å²) < 4.78 is 3.31. The summed E-state index contributed by atoms with van der Waals surface area (Å²) in [5, 5.41) is 0. The largest absolute Gasteiger partial charge is 0.318 e. The molecule has 6 nitrogen and oxygen atoms in total. The van der Waals surface area contributed by atoms with Gasteiger partial charge >= 0.3 is 0 Å². The summed E-state index contributed by atoms with van der Waals surface area (Å²) >= 11 is 0. The standard InChI is InChI=1S/2C24H23NO2/c1-16-12-19(15-25(2)24(16)27)22-10-8-18-14-20(26)9-11-21(18)23(22)13-17-6-4-3-5-7-17;1-16-10-21(15-25(2)24(16)27)23-14-18-8-9-22(26)13-19(18)12-20(23)11-17-6-4-3-5-7-17/h3-8,10,12,15H,9,11,13-14H2,1-2H3;3-7,10,12,14-15H,8-9,11,13H2,1-2H3. The second kappa shape index (κ2) is 15.6. The van der Waals surface area contributed by atoms with Gasteiger partial charge in [-0.25, -0.2) is 0 Å². The Kier molecular flexibility index (Phi) is 10.5. The monoisotopic (exact) mass is 714 g/mol. The third-order valence-corrected chi connectivity index (χ3v) is 10.9. The van der Waals surface area contributed by atoms with Crippen LogP contribution in [0.4, 0.5) is 0 Å². The van der Waals surface area contributed by atoms with Crippen LogP contribution in [0, 0.1) is 13.8 Å². The highest BCUT2D eigenvalue weighted by molar-refractivity contribution is 5.85. The van der Waals surface area contributed by atoms with Crippen molar-refractivity contribution in [1.29, 1.82) is 0 Å². The molecule has 0 unspecified atom stereocenters. The molecule has 0 saturated carbocycles. The molecule has 6 heteroatoms. The summed E-state index contributed by atoms with van der Waals surface area (Å²) in [7, 11) is 3.60. The van der Waals surface area contributed by atoms with Crippen LogP contribution in [0.2, 0.25) is 0 Å². The number of Topliss-reactive ketones (excluding diaryl/α,β-unsaturated/α-hetero) is 2. The Morgan fingerprint density at radius 3 is 1.65 bits per heavy atom. The molecule has 272 valence electrons. The second-order valence-corrected chi connectivity index (χ2v) is 14.9. The van der Waals surface area contributed by atoms with Crippen molar-refractivity contribution in [3.63, 3.8) is 0 Å². The van der Waals surface area contributed by atoms with Gasteiger partial charge in [0, 0.05) is 63.3 Å². The van der Waals surface area contributed by atoms with Gasteiger partial charge in [-0.3, -0.25) is 19.2 Å². The zero-order valence-electron chi connectivity index (χ0n) is 31.6. The Bertz CT molecular complexity index is 2380. The number of carbonyl (C=O) groups is 2. The first kappa shape index (κ1) is 36.5. The van der Waals surface area contributed by atoms with Crippen LogP contribution in [-0.4, -0.2) is 20.7 Å². The Labute approximate surface area is 316 Å². The Morgan fingerprint density at radius 1 is 0.519 bits per heavy atom. The molecular formula is C48H46N2O4. The molecule has 2 aliphatic rings. The third kappa shape index (κ3) is 7.89. The van der Waals surface area contributed by atoms with E-state index in [9.17, 15) is 19.2 Å². The maximum absolute atomic E-state index is 12.1. The molecule has 0 amide bonds. The van der Waals surface area contributed by atoms with Crippen LogP contribution in [0.1, 0.15) is 68.5 Å². The Balaban J connectivity index is 0.000000167. The minimum absolute atomic E-state index is 0.0342. The van der Waals surface area contributed by atoms with Crippen molar-refractivity contribution in [3.05, 3.63) is 186 Å². The van der Waals surface area contributed by atoms with Crippen molar-refractivity contribution >= 4 is 11.6 Å². The first-order chi connectivity index (χ1) is 26.0. The summed E-state index contributed by atoms with van der Waals surface area (Å²) in [4.78, 5) is 48.1. The molecule has 2 aromatic heterocycles. The van der Waals surface area contributed by atoms with Crippen LogP contribution in [0.3, 0.4) is 0 Å². The number of hydrogen-bond acceptors (Lipinski definition) is 4. The highest BCUT2D eigenvalue weighted by Crippen LogP contribution is 2.34. The number of nitrogens with zero attached hydrogens (tertiary/aromatic N) is 2. The van der Waals surface area contributed by atoms with E-state index in [4.69, 9.17) is 0 Å². The van der Waals surface area contributed by atoms with Crippen molar-refractivity contribution in [2.24, 2.45) is 14.1 Å². The van der Waals surface area contributed by atoms with E-state index in [0.717, 1.165) is 70.2 Å². The lowest BCUT2D eigenvalue weighted by Crippen LogP contribution is -2.19. The van der Waals surface area contributed by atoms with Gasteiger partial charge in [0.1, 0.15) is 11.6 Å². The Hall–Kier alpha value is -5.88. The van der Waals surface area contributed by atoms with Gasteiger partial charge in [0.05, 0.1) is 0 Å². The summed E-state index contributed by atoms with van der Waals surface area (Å²) in [6.45, 7) is 3.72. The number of aromatic nitrogens is 2. The molecule has 2 heterocycles. The minimum atomic E-state index is 0.0342. The molecule has 0 radical (unpaired) electrons. The van der Waals surface area contributed by atoms with E-state index in [0.29, 0.717) is 37.2 Å². The van der Waals surface area contributed by atoms with Crippen LogP contribution in [0.5, 0.6) is 0 Å². The number of carbonyl (C=O) groups excluding carboxylic acids is 2. The van der Waals surface area contributed by atoms with Gasteiger partial charge in [0.15, 0.2) is 0 Å². The average Bonchev–Trinajstić information content (AvgIpc) is 3.16. The predicted octanol–water partition coefficient (Wildman–Crippen LogP) is 8.02. The Morgan fingerprint density at radius 2 is 1.06 bits per heavy atom. The molecule has 0 saturated heterocycles. The van der Waals surface area contributed by atoms with E-state index in [-0.39, 0.29) is 11.1 Å². The van der Waals surface area contributed by atoms with Gasteiger partial charge in [-0.05, 0) is 118 Å². The normalized spacial score (nSPS) is 13.5. The lowest BCUT2D eigenvalue weighted by Gasteiger charge is -2.22. The van der Waals surface area contributed by atoms with Crippen molar-refractivity contribution in [2.75, 3.05) is 0 Å². The van der Waals surface area contributed by atoms with E-state index in [1.807, 2.05) is 62.6 Å². The molecule has 4 aromatic carbocycles. The maximum Gasteiger partial charge on any atom is 0.253 e. The van der Waals surface area contributed by atoms with Crippen molar-refractivity contribution < 1.29 is 9.59 Å². The summed E-state index contributed by atoms with van der Waals surface area (Å²) in [6.07, 6.45) is 9.37. The maximum atomic E-state index is 12.1. The lowest BCUT2D eigenvalue weighted by molar-refractivity contribution is -0.119. The van der Waals surface area contributed by atoms with E-state index in [1.54, 1.807) is 23.2 Å². The lowest BCUT2D eigenvalue weighted by atomic mass is 9.82. The SMILES string of the molecule is Cc1cc(-c2cc3c(cc2Cc2ccccc2)CC(=O)CC3)cn(C)c1=O.Cc1cc(-c2ccc3c(c2Cc2ccccc2)CCC(=O)C3)cn(C)c1=O. The van der Waals surface area contributed by atoms with Crippen LogP contribution in [0.15, 0.2) is 119 Å². The van der Waals surface area contributed by atoms with E-state index < -0.39 is 0 Å². The number of fused-ring (bicyclic) bond motifs is 2. The van der Waals surface area contributed by atoms with E-state index in [1.165, 1.54) is 33.4 Å². The van der Waals surface area contributed by atoms with E-state index in [2.05, 4.69) is 60.7 Å². The zero-order chi connectivity index (χ0) is 37.9. The summed E-state index contributed by atoms with van der Waals surface area (Å²) in [5.41, 5.74) is 15.8. The van der Waals surface area contributed by atoms with Gasteiger partial charge in [0.25, 0.3) is 11.1 Å². The predicted molar refractivity (Wildman–Crippen MR) is 216 cm³/mol. The highest BCUT2D eigenvalue weighted by Gasteiger charge is 2.22. The molecule has 0 bridgehead atoms. The van der Waals surface area contributed by atoms with Crippen molar-refractivity contribution in [2.45, 2.75) is 65.2 Å². The van der Waals surface area contributed by atoms with Crippen LogP contribution in [0.25, 0.3) is 22.3 Å². The first-order valence-corrected chi connectivity index (χ1v) is 18.8. The first-order valence-electron chi connectivity index (χ1n) is 18.8. The second-order valence-electron chi connectivity index (χ2n) is 14.9. The molecular weight excluding hydrogens is 669 g/mol. The molecule has 2 aliphatic carbocycles. The third-order valence-electron chi connectivity index (χ3n) is 10.9. The molecule has 0 atom stereocenters. The minimum Gasteiger partial charge on any atom is -0.318 e. The summed E-state index contributed by atoms with van der Waals surface area (Å²) in [5.74, 6) is 0.637. The van der Waals surface area contributed by atoms with Crippen LogP contribution in [-0.2, 0) is 62.2 Å². The highest BCUT2D eigenvalue weighted by atomic mass is 16.1. The number of aryl methyl sites for hydroxylation is 5. The zero-order valence-corrected chi connectivity index (χ0v) is 31.6. The smallest absolute Gasteiger partial charge is 0.253 e. The molecule has 0 N–H and O–H groups in total. The van der Waals surface area contributed by atoms with Gasteiger partial charge in [-0.15, -0.1) is 0 Å². The molecule has 54 heavy (non-hydrogen) atoms. The number of rotatable bonds is 6. The van der Waals surface area contributed by atoms with Crippen LogP contribution < -0.4 is 11.1 Å². The van der Waals surface area contributed by atoms with Gasteiger partial charge in [-0.1, -0.05) is 84.9 Å². The quantitative estimate of drug-likeness (QED) is 0.175. The molecule has 8 rings (SSSR count). The number of pyridine rings is 2. The number of ketones is 2. The van der Waals surface area contributed by atoms with Crippen molar-refractivity contribution in [3.8, 4) is 22.3 Å². The summed E-state index contributed by atoms with van der Waals surface area (Å²) in [6, 6.07) is 33.4.